The van der Waals surface area contributed by atoms with Gasteiger partial charge in [0.1, 0.15) is 0 Å². The van der Waals surface area contributed by atoms with Gasteiger partial charge < -0.3 is 19.9 Å². The third-order valence-corrected chi connectivity index (χ3v) is 6.72. The molecule has 0 unspecified atom stereocenters. The Morgan fingerprint density at radius 1 is 1.24 bits per heavy atom. The van der Waals surface area contributed by atoms with E-state index in [1.807, 2.05) is 30.4 Å². The average molecular weight is 417 g/mol. The molecule has 4 rings (SSSR count). The van der Waals surface area contributed by atoms with Crippen molar-refractivity contribution in [1.82, 2.24) is 20.3 Å². The maximum absolute atomic E-state index is 13.2. The van der Waals surface area contributed by atoms with Gasteiger partial charge in [-0.15, -0.1) is 11.3 Å². The van der Waals surface area contributed by atoms with E-state index in [1.165, 1.54) is 0 Å². The Balaban J connectivity index is 1.52. The minimum atomic E-state index is -0.404. The molecule has 0 atom stereocenters. The van der Waals surface area contributed by atoms with Gasteiger partial charge in [-0.2, -0.15) is 15.0 Å². The molecule has 1 aliphatic heterocycles. The number of ether oxygens (including phenoxy) is 1. The van der Waals surface area contributed by atoms with Gasteiger partial charge in [-0.3, -0.25) is 4.79 Å². The first-order valence-electron chi connectivity index (χ1n) is 10.2. The molecular weight excluding hydrogens is 388 g/mol. The number of nitrogens with zero attached hydrogens (tertiary/aromatic N) is 5. The molecule has 156 valence electrons. The maximum Gasteiger partial charge on any atom is 0.231 e. The van der Waals surface area contributed by atoms with Gasteiger partial charge in [0, 0.05) is 32.1 Å². The van der Waals surface area contributed by atoms with Crippen molar-refractivity contribution in [3.8, 4) is 0 Å². The minimum Gasteiger partial charge on any atom is -0.378 e. The number of amides is 1. The van der Waals surface area contributed by atoms with Crippen molar-refractivity contribution in [1.29, 1.82) is 0 Å². The monoisotopic (exact) mass is 416 g/mol. The standard InChI is InChI=1S/C20H28N6O2S/c1-25(2)18-22-16(23-19(24-18)26-9-11-28-12-10-26)14-21-17(27)20(7-3-4-8-20)15-6-5-13-29-15/h5-6,13H,3-4,7-12,14H2,1-2H3,(H,21,27). The summed E-state index contributed by atoms with van der Waals surface area (Å²) in [4.78, 5) is 32.1. The van der Waals surface area contributed by atoms with Crippen LogP contribution in [0.2, 0.25) is 0 Å². The predicted molar refractivity (Wildman–Crippen MR) is 113 cm³/mol. The molecule has 2 aromatic heterocycles. The Labute approximate surface area is 175 Å². The lowest BCUT2D eigenvalue weighted by atomic mass is 9.83. The van der Waals surface area contributed by atoms with Crippen LogP contribution in [0.15, 0.2) is 17.5 Å². The molecule has 9 heteroatoms. The summed E-state index contributed by atoms with van der Waals surface area (Å²) in [6, 6.07) is 4.11. The number of hydrogen-bond donors (Lipinski definition) is 1. The van der Waals surface area contributed by atoms with E-state index in [-0.39, 0.29) is 5.91 Å². The van der Waals surface area contributed by atoms with E-state index >= 15 is 0 Å². The Bertz CT molecular complexity index is 830. The lowest BCUT2D eigenvalue weighted by Gasteiger charge is -2.28. The van der Waals surface area contributed by atoms with Crippen LogP contribution in [0, 0.1) is 0 Å². The first-order valence-corrected chi connectivity index (χ1v) is 11.0. The second-order valence-corrected chi connectivity index (χ2v) is 8.74. The number of nitrogens with one attached hydrogen (secondary N) is 1. The lowest BCUT2D eigenvalue weighted by Crippen LogP contribution is -2.42. The molecule has 1 saturated heterocycles. The zero-order valence-corrected chi connectivity index (χ0v) is 17.9. The molecule has 3 heterocycles. The average Bonchev–Trinajstić information content (AvgIpc) is 3.45. The van der Waals surface area contributed by atoms with Gasteiger partial charge in [0.2, 0.25) is 17.8 Å². The number of hydrogen-bond acceptors (Lipinski definition) is 8. The van der Waals surface area contributed by atoms with Gasteiger partial charge in [-0.05, 0) is 24.3 Å². The first-order chi connectivity index (χ1) is 14.1. The van der Waals surface area contributed by atoms with Gasteiger partial charge in [0.15, 0.2) is 5.82 Å². The van der Waals surface area contributed by atoms with Crippen LogP contribution >= 0.6 is 11.3 Å². The van der Waals surface area contributed by atoms with E-state index in [0.29, 0.717) is 37.5 Å². The Hall–Kier alpha value is -2.26. The highest BCUT2D eigenvalue weighted by molar-refractivity contribution is 7.10. The fraction of sp³-hybridized carbons (Fsp3) is 0.600. The van der Waals surface area contributed by atoms with Crippen molar-refractivity contribution in [2.75, 3.05) is 50.2 Å². The first kappa shape index (κ1) is 20.0. The quantitative estimate of drug-likeness (QED) is 0.771. The SMILES string of the molecule is CN(C)c1nc(CNC(=O)C2(c3cccs3)CCCC2)nc(N2CCOCC2)n1. The summed E-state index contributed by atoms with van der Waals surface area (Å²) in [5, 5.41) is 5.17. The highest BCUT2D eigenvalue weighted by atomic mass is 32.1. The molecule has 29 heavy (non-hydrogen) atoms. The van der Waals surface area contributed by atoms with Gasteiger partial charge in [0.25, 0.3) is 0 Å². The summed E-state index contributed by atoms with van der Waals surface area (Å²) >= 11 is 1.67. The summed E-state index contributed by atoms with van der Waals surface area (Å²) in [6.45, 7) is 3.14. The van der Waals surface area contributed by atoms with Crippen molar-refractivity contribution < 1.29 is 9.53 Å². The van der Waals surface area contributed by atoms with E-state index in [0.717, 1.165) is 43.6 Å². The third-order valence-electron chi connectivity index (χ3n) is 5.64. The molecule has 0 aromatic carbocycles. The largest absolute Gasteiger partial charge is 0.378 e. The number of carbonyl (C=O) groups excluding carboxylic acids is 1. The number of rotatable bonds is 6. The molecule has 1 saturated carbocycles. The fourth-order valence-electron chi connectivity index (χ4n) is 4.02. The van der Waals surface area contributed by atoms with Gasteiger partial charge in [-0.1, -0.05) is 18.9 Å². The van der Waals surface area contributed by atoms with Crippen LogP contribution in [0.3, 0.4) is 0 Å². The number of morpholine rings is 1. The summed E-state index contributed by atoms with van der Waals surface area (Å²) in [5.41, 5.74) is -0.404. The highest BCUT2D eigenvalue weighted by Crippen LogP contribution is 2.43. The van der Waals surface area contributed by atoms with E-state index in [2.05, 4.69) is 31.2 Å². The molecule has 2 fully saturated rings. The molecule has 2 aliphatic rings. The Morgan fingerprint density at radius 2 is 2.00 bits per heavy atom. The van der Waals surface area contributed by atoms with Crippen molar-refractivity contribution in [3.63, 3.8) is 0 Å². The van der Waals surface area contributed by atoms with Crippen LogP contribution in [0.25, 0.3) is 0 Å². The summed E-state index contributed by atoms with van der Waals surface area (Å²) in [6.07, 6.45) is 3.98. The molecule has 1 N–H and O–H groups in total. The van der Waals surface area contributed by atoms with Gasteiger partial charge >= 0.3 is 0 Å². The summed E-state index contributed by atoms with van der Waals surface area (Å²) in [5.74, 6) is 1.90. The molecule has 0 spiro atoms. The van der Waals surface area contributed by atoms with Crippen LogP contribution in [0.4, 0.5) is 11.9 Å². The molecule has 8 nitrogen and oxygen atoms in total. The van der Waals surface area contributed by atoms with Crippen molar-refractivity contribution in [3.05, 3.63) is 28.2 Å². The summed E-state index contributed by atoms with van der Waals surface area (Å²) < 4.78 is 5.43. The molecule has 0 bridgehead atoms. The highest BCUT2D eigenvalue weighted by Gasteiger charge is 2.43. The molecule has 1 amide bonds. The van der Waals surface area contributed by atoms with E-state index in [1.54, 1.807) is 11.3 Å². The predicted octanol–water partition coefficient (Wildman–Crippen LogP) is 1.96. The second kappa shape index (κ2) is 8.62. The van der Waals surface area contributed by atoms with Crippen molar-refractivity contribution >= 4 is 29.1 Å². The third kappa shape index (κ3) is 4.20. The lowest BCUT2D eigenvalue weighted by molar-refractivity contribution is -0.126. The summed E-state index contributed by atoms with van der Waals surface area (Å²) in [7, 11) is 3.82. The molecular formula is C20H28N6O2S. The van der Waals surface area contributed by atoms with Crippen LogP contribution < -0.4 is 15.1 Å². The number of carbonyl (C=O) groups is 1. The zero-order valence-electron chi connectivity index (χ0n) is 17.1. The van der Waals surface area contributed by atoms with E-state index in [9.17, 15) is 4.79 Å². The van der Waals surface area contributed by atoms with Crippen molar-refractivity contribution in [2.24, 2.45) is 0 Å². The molecule has 2 aromatic rings. The number of aromatic nitrogens is 3. The molecule has 0 radical (unpaired) electrons. The van der Waals surface area contributed by atoms with Crippen LogP contribution in [0.1, 0.15) is 36.4 Å². The topological polar surface area (TPSA) is 83.5 Å². The Kier molecular flexibility index (Phi) is 5.96. The number of anilines is 2. The van der Waals surface area contributed by atoms with Crippen molar-refractivity contribution in [2.45, 2.75) is 37.6 Å². The fourth-order valence-corrected chi connectivity index (χ4v) is 5.01. The normalized spacial score (nSPS) is 18.6. The van der Waals surface area contributed by atoms with Crippen LogP contribution in [-0.2, 0) is 21.5 Å². The molecule has 1 aliphatic carbocycles. The van der Waals surface area contributed by atoms with Gasteiger partial charge in [0.05, 0.1) is 25.2 Å². The maximum atomic E-state index is 13.2. The van der Waals surface area contributed by atoms with E-state index < -0.39 is 5.41 Å². The second-order valence-electron chi connectivity index (χ2n) is 7.79. The minimum absolute atomic E-state index is 0.0807. The van der Waals surface area contributed by atoms with E-state index in [4.69, 9.17) is 4.74 Å². The van der Waals surface area contributed by atoms with Crippen LogP contribution in [0.5, 0.6) is 0 Å². The zero-order chi connectivity index (χ0) is 20.3. The van der Waals surface area contributed by atoms with Gasteiger partial charge in [-0.25, -0.2) is 0 Å². The Morgan fingerprint density at radius 3 is 2.66 bits per heavy atom. The van der Waals surface area contributed by atoms with Crippen LogP contribution in [-0.4, -0.2) is 61.3 Å². The smallest absolute Gasteiger partial charge is 0.231 e. The number of thiophene rings is 1.